The van der Waals surface area contributed by atoms with Crippen LogP contribution in [-0.2, 0) is 14.4 Å². The second-order valence-corrected chi connectivity index (χ2v) is 8.13. The number of imide groups is 2. The van der Waals surface area contributed by atoms with E-state index in [0.29, 0.717) is 21.8 Å². The zero-order valence-electron chi connectivity index (χ0n) is 18.9. The summed E-state index contributed by atoms with van der Waals surface area (Å²) in [5, 5.41) is 5.09. The van der Waals surface area contributed by atoms with E-state index < -0.39 is 29.6 Å². The number of barbiturate groups is 1. The van der Waals surface area contributed by atoms with Crippen LogP contribution in [0.15, 0.2) is 72.3 Å². The summed E-state index contributed by atoms with van der Waals surface area (Å²) in [6, 6.07) is 15.6. The van der Waals surface area contributed by atoms with Gasteiger partial charge in [-0.3, -0.25) is 19.7 Å². The number of nitrogens with one attached hydrogen (secondary N) is 2. The van der Waals surface area contributed by atoms with E-state index in [1.165, 1.54) is 30.3 Å². The summed E-state index contributed by atoms with van der Waals surface area (Å²) in [5.74, 6) is -2.41. The number of anilines is 2. The van der Waals surface area contributed by atoms with Gasteiger partial charge in [0.25, 0.3) is 17.7 Å². The summed E-state index contributed by atoms with van der Waals surface area (Å²) >= 11 is 6.15. The lowest BCUT2D eigenvalue weighted by Crippen LogP contribution is -2.54. The van der Waals surface area contributed by atoms with Crippen molar-refractivity contribution in [2.24, 2.45) is 0 Å². The Morgan fingerprint density at radius 3 is 2.53 bits per heavy atom. The molecule has 0 saturated carbocycles. The number of carbonyl (C=O) groups is 4. The first-order chi connectivity index (χ1) is 17.2. The van der Waals surface area contributed by atoms with Gasteiger partial charge in [-0.2, -0.15) is 0 Å². The summed E-state index contributed by atoms with van der Waals surface area (Å²) in [7, 11) is 0. The molecule has 0 spiro atoms. The zero-order valence-corrected chi connectivity index (χ0v) is 19.6. The molecule has 36 heavy (non-hydrogen) atoms. The maximum Gasteiger partial charge on any atom is 0.335 e. The number of ether oxygens (including phenoxy) is 1. The molecule has 1 saturated heterocycles. The molecule has 1 aliphatic heterocycles. The smallest absolute Gasteiger partial charge is 0.335 e. The molecule has 3 aromatic carbocycles. The minimum atomic E-state index is -0.894. The molecule has 0 unspecified atom stereocenters. The van der Waals surface area contributed by atoms with Gasteiger partial charge < -0.3 is 10.1 Å². The molecule has 0 radical (unpaired) electrons. The summed E-state index contributed by atoms with van der Waals surface area (Å²) < 4.78 is 18.6. The second kappa shape index (κ2) is 10.4. The third-order valence-electron chi connectivity index (χ3n) is 5.29. The van der Waals surface area contributed by atoms with Crippen LogP contribution in [0.4, 0.5) is 20.6 Å². The van der Waals surface area contributed by atoms with E-state index in [1.54, 1.807) is 49.4 Å². The third kappa shape index (κ3) is 5.26. The topological polar surface area (TPSA) is 105 Å². The van der Waals surface area contributed by atoms with Crippen molar-refractivity contribution in [3.05, 3.63) is 94.3 Å². The van der Waals surface area contributed by atoms with Crippen LogP contribution < -0.4 is 20.3 Å². The highest BCUT2D eigenvalue weighted by molar-refractivity contribution is 6.40. The van der Waals surface area contributed by atoms with Gasteiger partial charge in [-0.1, -0.05) is 35.9 Å². The van der Waals surface area contributed by atoms with Crippen LogP contribution in [0.2, 0.25) is 5.02 Å². The Hall–Kier alpha value is -4.50. The standard InChI is InChI=1S/C26H19ClFN3O5/c1-15-20(27)6-4-7-21(15)31-25(34)19(24(33)30-26(31)35)13-16-5-2-3-8-22(16)36-14-23(32)29-18-11-9-17(28)10-12-18/h2-13H,14H2,1H3,(H,29,32)(H,30,33,35)/b19-13-. The van der Waals surface area contributed by atoms with Gasteiger partial charge in [0.2, 0.25) is 0 Å². The molecule has 0 bridgehead atoms. The number of hydrogen-bond acceptors (Lipinski definition) is 5. The van der Waals surface area contributed by atoms with E-state index in [0.717, 1.165) is 4.90 Å². The number of urea groups is 1. The van der Waals surface area contributed by atoms with E-state index in [-0.39, 0.29) is 23.6 Å². The number of hydrogen-bond donors (Lipinski definition) is 2. The van der Waals surface area contributed by atoms with Gasteiger partial charge in [0.1, 0.15) is 17.1 Å². The fraction of sp³-hybridized carbons (Fsp3) is 0.0769. The lowest BCUT2D eigenvalue weighted by atomic mass is 10.0. The van der Waals surface area contributed by atoms with Crippen molar-refractivity contribution in [3.8, 4) is 5.75 Å². The minimum absolute atomic E-state index is 0.224. The molecule has 182 valence electrons. The molecular formula is C26H19ClFN3O5. The van der Waals surface area contributed by atoms with Crippen molar-refractivity contribution in [2.45, 2.75) is 6.92 Å². The van der Waals surface area contributed by atoms with Gasteiger partial charge >= 0.3 is 6.03 Å². The van der Waals surface area contributed by atoms with E-state index in [4.69, 9.17) is 16.3 Å². The summed E-state index contributed by atoms with van der Waals surface area (Å²) in [6.07, 6.45) is 1.28. The Balaban J connectivity index is 1.56. The molecular weight excluding hydrogens is 489 g/mol. The largest absolute Gasteiger partial charge is 0.483 e. The van der Waals surface area contributed by atoms with E-state index in [1.807, 2.05) is 0 Å². The molecule has 1 fully saturated rings. The Morgan fingerprint density at radius 2 is 1.78 bits per heavy atom. The Bertz CT molecular complexity index is 1400. The molecule has 10 heteroatoms. The molecule has 4 rings (SSSR count). The Labute approximate surface area is 210 Å². The van der Waals surface area contributed by atoms with E-state index >= 15 is 0 Å². The number of amides is 5. The van der Waals surface area contributed by atoms with Crippen LogP contribution in [0.1, 0.15) is 11.1 Å². The molecule has 2 N–H and O–H groups in total. The first-order valence-corrected chi connectivity index (χ1v) is 11.1. The van der Waals surface area contributed by atoms with Crippen LogP contribution >= 0.6 is 11.6 Å². The lowest BCUT2D eigenvalue weighted by Gasteiger charge is -2.27. The van der Waals surface area contributed by atoms with Crippen LogP contribution in [0.25, 0.3) is 6.08 Å². The number of halogens is 2. The maximum absolute atomic E-state index is 13.2. The van der Waals surface area contributed by atoms with Gasteiger partial charge in [0.15, 0.2) is 6.61 Å². The minimum Gasteiger partial charge on any atom is -0.483 e. The zero-order chi connectivity index (χ0) is 25.8. The molecule has 3 aromatic rings. The van der Waals surface area contributed by atoms with Crippen molar-refractivity contribution < 1.29 is 28.3 Å². The highest BCUT2D eigenvalue weighted by Crippen LogP contribution is 2.30. The van der Waals surface area contributed by atoms with E-state index in [2.05, 4.69) is 10.6 Å². The molecule has 0 atom stereocenters. The lowest BCUT2D eigenvalue weighted by molar-refractivity contribution is -0.122. The first-order valence-electron chi connectivity index (χ1n) is 10.7. The van der Waals surface area contributed by atoms with Crippen molar-refractivity contribution in [2.75, 3.05) is 16.8 Å². The van der Waals surface area contributed by atoms with E-state index in [9.17, 15) is 23.6 Å². The maximum atomic E-state index is 13.2. The highest BCUT2D eigenvalue weighted by Gasteiger charge is 2.37. The fourth-order valence-corrected chi connectivity index (χ4v) is 3.64. The Kier molecular flexibility index (Phi) is 7.12. The summed E-state index contributed by atoms with van der Waals surface area (Å²) in [6.45, 7) is 1.27. The van der Waals surface area contributed by atoms with Gasteiger partial charge in [0, 0.05) is 16.3 Å². The van der Waals surface area contributed by atoms with Crippen LogP contribution in [0, 0.1) is 12.7 Å². The van der Waals surface area contributed by atoms with Gasteiger partial charge in [0.05, 0.1) is 5.69 Å². The van der Waals surface area contributed by atoms with Crippen molar-refractivity contribution in [1.29, 1.82) is 0 Å². The number of nitrogens with zero attached hydrogens (tertiary/aromatic N) is 1. The highest BCUT2D eigenvalue weighted by atomic mass is 35.5. The van der Waals surface area contributed by atoms with Gasteiger partial charge in [-0.15, -0.1) is 0 Å². The molecule has 1 aliphatic rings. The van der Waals surface area contributed by atoms with Crippen LogP contribution in [0.5, 0.6) is 5.75 Å². The fourth-order valence-electron chi connectivity index (χ4n) is 3.47. The first kappa shape index (κ1) is 24.6. The number of carbonyl (C=O) groups excluding carboxylic acids is 4. The molecule has 1 heterocycles. The second-order valence-electron chi connectivity index (χ2n) is 7.72. The van der Waals surface area contributed by atoms with Crippen molar-refractivity contribution in [3.63, 3.8) is 0 Å². The van der Waals surface area contributed by atoms with Gasteiger partial charge in [-0.05, 0) is 61.0 Å². The average molecular weight is 508 g/mol. The predicted octanol–water partition coefficient (Wildman–Crippen LogP) is 4.47. The van der Waals surface area contributed by atoms with Crippen LogP contribution in [-0.4, -0.2) is 30.4 Å². The quantitative estimate of drug-likeness (QED) is 0.378. The molecule has 5 amide bonds. The summed E-state index contributed by atoms with van der Waals surface area (Å²) in [4.78, 5) is 51.4. The number of para-hydroxylation sites is 1. The normalized spacial score (nSPS) is 14.6. The third-order valence-corrected chi connectivity index (χ3v) is 5.70. The van der Waals surface area contributed by atoms with Crippen molar-refractivity contribution in [1.82, 2.24) is 5.32 Å². The molecule has 8 nitrogen and oxygen atoms in total. The monoisotopic (exact) mass is 507 g/mol. The van der Waals surface area contributed by atoms with Crippen molar-refractivity contribution >= 4 is 52.8 Å². The SMILES string of the molecule is Cc1c(Cl)cccc1N1C(=O)NC(=O)/C(=C/c2ccccc2OCC(=O)Nc2ccc(F)cc2)C1=O. The van der Waals surface area contributed by atoms with Gasteiger partial charge in [-0.25, -0.2) is 14.1 Å². The predicted molar refractivity (Wildman–Crippen MR) is 132 cm³/mol. The number of rotatable bonds is 6. The molecule has 0 aliphatic carbocycles. The average Bonchev–Trinajstić information content (AvgIpc) is 2.85. The van der Waals surface area contributed by atoms with Crippen LogP contribution in [0.3, 0.4) is 0 Å². The number of benzene rings is 3. The summed E-state index contributed by atoms with van der Waals surface area (Å²) in [5.41, 5.74) is 1.16. The Morgan fingerprint density at radius 1 is 1.06 bits per heavy atom. The molecule has 0 aromatic heterocycles.